The molecule has 1 saturated heterocycles. The number of amides is 2. The normalized spacial score (nSPS) is 19.0. The Bertz CT molecular complexity index is 1580. The quantitative estimate of drug-likeness (QED) is 0.114. The fourth-order valence-electron chi connectivity index (χ4n) is 4.25. The van der Waals surface area contributed by atoms with Crippen LogP contribution in [-0.4, -0.2) is 70.7 Å². The van der Waals surface area contributed by atoms with E-state index in [1.54, 1.807) is 23.0 Å². The molecule has 16 heteroatoms. The smallest absolute Gasteiger partial charge is 0.348 e. The molecule has 13 nitrogen and oxygen atoms in total. The van der Waals surface area contributed by atoms with Gasteiger partial charge in [-0.15, -0.1) is 34.4 Å². The summed E-state index contributed by atoms with van der Waals surface area (Å²) in [7, 11) is 2.58. The van der Waals surface area contributed by atoms with E-state index in [0.29, 0.717) is 10.5 Å². The molecule has 2 aliphatic heterocycles. The van der Waals surface area contributed by atoms with Gasteiger partial charge in [0.15, 0.2) is 29.8 Å². The van der Waals surface area contributed by atoms with Crippen molar-refractivity contribution in [3.8, 4) is 0 Å². The maximum atomic E-state index is 13.1. The topological polar surface area (TPSA) is 180 Å². The second-order valence-corrected chi connectivity index (χ2v) is 11.4. The Kier molecular flexibility index (Phi) is 7.24. The third-order valence-electron chi connectivity index (χ3n) is 5.96. The van der Waals surface area contributed by atoms with Crippen molar-refractivity contribution in [1.29, 1.82) is 0 Å². The van der Waals surface area contributed by atoms with Gasteiger partial charge in [-0.2, -0.15) is 0 Å². The average molecular weight is 589 g/mol. The number of carboxylic acid groups (broad SMARTS) is 1. The second-order valence-electron chi connectivity index (χ2n) is 8.33. The van der Waals surface area contributed by atoms with Gasteiger partial charge in [-0.05, 0) is 6.07 Å². The number of oxime groups is 1. The number of thiazole rings is 1. The highest BCUT2D eigenvalue weighted by atomic mass is 32.2. The molecule has 0 bridgehead atoms. The molecule has 3 N–H and O–H groups in total. The zero-order valence-electron chi connectivity index (χ0n) is 20.4. The lowest BCUT2D eigenvalue weighted by Crippen LogP contribution is -2.71. The number of thioether (sulfide) groups is 1. The van der Waals surface area contributed by atoms with E-state index >= 15 is 0 Å². The number of hydrogen-bond acceptors (Lipinski definition) is 13. The summed E-state index contributed by atoms with van der Waals surface area (Å²) in [5.74, 6) is -2.94. The fraction of sp³-hybridized carbons (Fsp3) is 0.261. The molecule has 2 atom stereocenters. The number of carbonyl (C=O) groups excluding carboxylic acids is 4. The van der Waals surface area contributed by atoms with Gasteiger partial charge in [-0.25, -0.2) is 14.3 Å². The number of esters is 1. The van der Waals surface area contributed by atoms with E-state index in [0.717, 1.165) is 26.3 Å². The van der Waals surface area contributed by atoms with Gasteiger partial charge >= 0.3 is 5.97 Å². The molecule has 0 aliphatic carbocycles. The van der Waals surface area contributed by atoms with Crippen LogP contribution in [0.1, 0.15) is 15.4 Å². The Morgan fingerprint density at radius 1 is 1.36 bits per heavy atom. The molecule has 202 valence electrons. The highest BCUT2D eigenvalue weighted by Crippen LogP contribution is 2.40. The van der Waals surface area contributed by atoms with Crippen LogP contribution in [0.25, 0.3) is 10.1 Å². The largest absolute Gasteiger partial charge is 0.543 e. The Labute approximate surface area is 232 Å². The molecule has 5 rings (SSSR count). The van der Waals surface area contributed by atoms with Crippen molar-refractivity contribution in [2.24, 2.45) is 5.16 Å². The first kappa shape index (κ1) is 26.6. The first-order valence-corrected chi connectivity index (χ1v) is 14.0. The predicted molar refractivity (Wildman–Crippen MR) is 140 cm³/mol. The summed E-state index contributed by atoms with van der Waals surface area (Å²) in [5, 5.41) is 20.4. The van der Waals surface area contributed by atoms with Crippen LogP contribution < -0.4 is 20.7 Å². The molecule has 39 heavy (non-hydrogen) atoms. The number of rotatable bonds is 8. The van der Waals surface area contributed by atoms with E-state index in [-0.39, 0.29) is 34.5 Å². The van der Waals surface area contributed by atoms with Gasteiger partial charge in [0.25, 0.3) is 11.8 Å². The number of carbonyl (C=O) groups is 4. The monoisotopic (exact) mass is 588 g/mol. The molecular weight excluding hydrogens is 568 g/mol. The fourth-order valence-corrected chi connectivity index (χ4v) is 7.08. The minimum Gasteiger partial charge on any atom is -0.543 e. The van der Waals surface area contributed by atoms with Crippen LogP contribution in [0.3, 0.4) is 0 Å². The first-order chi connectivity index (χ1) is 18.7. The molecule has 5 heterocycles. The number of pyridine rings is 1. The molecule has 1 unspecified atom stereocenters. The summed E-state index contributed by atoms with van der Waals surface area (Å²) >= 11 is 3.72. The summed E-state index contributed by atoms with van der Waals surface area (Å²) < 4.78 is 7.41. The Morgan fingerprint density at radius 3 is 2.82 bits per heavy atom. The molecule has 3 aromatic rings. The van der Waals surface area contributed by atoms with E-state index in [9.17, 15) is 24.3 Å². The lowest BCUT2D eigenvalue weighted by molar-refractivity contribution is -0.687. The van der Waals surface area contributed by atoms with Crippen LogP contribution in [0.2, 0.25) is 0 Å². The van der Waals surface area contributed by atoms with Crippen molar-refractivity contribution >= 4 is 79.1 Å². The summed E-state index contributed by atoms with van der Waals surface area (Å²) in [6.45, 7) is 0.180. The number of aliphatic carboxylic acids is 1. The highest BCUT2D eigenvalue weighted by Gasteiger charge is 2.53. The van der Waals surface area contributed by atoms with E-state index in [1.165, 1.54) is 42.7 Å². The third kappa shape index (κ3) is 4.93. The number of methoxy groups -OCH3 is 1. The van der Waals surface area contributed by atoms with Crippen molar-refractivity contribution in [3.05, 3.63) is 51.7 Å². The second kappa shape index (κ2) is 10.6. The van der Waals surface area contributed by atoms with Crippen LogP contribution in [0.5, 0.6) is 0 Å². The highest BCUT2D eigenvalue weighted by molar-refractivity contribution is 8.00. The minimum atomic E-state index is -1.49. The van der Waals surface area contributed by atoms with Crippen LogP contribution >= 0.6 is 34.4 Å². The number of aromatic nitrogens is 2. The molecule has 0 saturated carbocycles. The number of fused-ring (bicyclic) bond motifs is 2. The lowest BCUT2D eigenvalue weighted by atomic mass is 10.0. The minimum absolute atomic E-state index is 0.163. The molecule has 0 radical (unpaired) electrons. The molecule has 3 aromatic heterocycles. The van der Waals surface area contributed by atoms with Gasteiger partial charge in [0.1, 0.15) is 29.1 Å². The van der Waals surface area contributed by atoms with E-state index in [1.807, 2.05) is 6.07 Å². The lowest BCUT2D eigenvalue weighted by Gasteiger charge is -2.50. The van der Waals surface area contributed by atoms with Gasteiger partial charge in [0.2, 0.25) is 0 Å². The van der Waals surface area contributed by atoms with Crippen LogP contribution in [0.4, 0.5) is 5.13 Å². The molecule has 2 aliphatic rings. The van der Waals surface area contributed by atoms with Gasteiger partial charge in [0.05, 0.1) is 24.2 Å². The Morgan fingerprint density at radius 2 is 2.15 bits per heavy atom. The van der Waals surface area contributed by atoms with E-state index in [2.05, 4.69) is 15.5 Å². The maximum absolute atomic E-state index is 13.1. The number of nitrogens with one attached hydrogen (secondary N) is 1. The van der Waals surface area contributed by atoms with E-state index < -0.39 is 35.2 Å². The van der Waals surface area contributed by atoms with Crippen molar-refractivity contribution in [1.82, 2.24) is 15.2 Å². The van der Waals surface area contributed by atoms with Crippen molar-refractivity contribution in [3.63, 3.8) is 0 Å². The Hall–Kier alpha value is -4.02. The van der Waals surface area contributed by atoms with Crippen molar-refractivity contribution in [2.45, 2.75) is 18.0 Å². The first-order valence-electron chi connectivity index (χ1n) is 11.2. The summed E-state index contributed by atoms with van der Waals surface area (Å²) in [6.07, 6.45) is 3.55. The number of carboxylic acids is 1. The van der Waals surface area contributed by atoms with Gasteiger partial charge in [-0.3, -0.25) is 14.5 Å². The zero-order valence-corrected chi connectivity index (χ0v) is 22.9. The number of β-lactam (4-membered cyclic amide) rings is 1. The Balaban J connectivity index is 1.35. The SMILES string of the molecule is CO/N=C(\C(=O)NC1C(=O)N2C(C(=O)[O-])=C(C[n+]3ccc4sc(C(=O)OC)cc4c3)CS[C@H]12)c1csc(N)n1. The number of nitrogens with two attached hydrogens (primary N) is 1. The van der Waals surface area contributed by atoms with Gasteiger partial charge in [-0.1, -0.05) is 5.16 Å². The summed E-state index contributed by atoms with van der Waals surface area (Å²) in [4.78, 5) is 60.3. The van der Waals surface area contributed by atoms with Gasteiger partial charge < -0.3 is 30.5 Å². The molecule has 0 spiro atoms. The number of anilines is 1. The zero-order chi connectivity index (χ0) is 27.8. The number of nitrogens with zero attached hydrogens (tertiary/aromatic N) is 4. The number of nitrogen functional groups attached to an aromatic ring is 1. The van der Waals surface area contributed by atoms with Crippen LogP contribution in [0, 0.1) is 0 Å². The third-order valence-corrected chi connectivity index (χ3v) is 9.07. The predicted octanol–water partition coefficient (Wildman–Crippen LogP) is -0.531. The number of thiophene rings is 1. The number of hydrogen-bond donors (Lipinski definition) is 2. The van der Waals surface area contributed by atoms with E-state index in [4.69, 9.17) is 15.3 Å². The standard InChI is InChI=1S/C23H20N6O7S3/c1-35-22(34)14-5-10-6-28(4-3-13(10)39-14)7-11-8-37-20-16(19(31)29(20)17(11)21(32)33)26-18(30)15(27-36-2)12-9-38-23(24)25-12/h3-6,9,16,20H,7-8H2,1-2H3,(H3-,24,25,26,30,32,33)/b27-15-/t16?,20-/m1/s1. The van der Waals surface area contributed by atoms with Crippen molar-refractivity contribution in [2.75, 3.05) is 25.7 Å². The summed E-state index contributed by atoms with van der Waals surface area (Å²) in [6, 6.07) is 2.54. The molecule has 0 aromatic carbocycles. The van der Waals surface area contributed by atoms with Crippen LogP contribution in [-0.2, 0) is 30.5 Å². The van der Waals surface area contributed by atoms with Crippen molar-refractivity contribution < 1.29 is 38.4 Å². The summed E-state index contributed by atoms with van der Waals surface area (Å²) in [5.41, 5.74) is 5.93. The van der Waals surface area contributed by atoms with Gasteiger partial charge in [0, 0.05) is 27.5 Å². The molecular formula is C23H20N6O7S3. The molecule has 2 amide bonds. The van der Waals surface area contributed by atoms with Crippen LogP contribution in [0.15, 0.2) is 46.3 Å². The molecule has 1 fully saturated rings. The number of ether oxygens (including phenoxy) is 1. The average Bonchev–Trinajstić information content (AvgIpc) is 3.55. The maximum Gasteiger partial charge on any atom is 0.348 e.